The van der Waals surface area contributed by atoms with Gasteiger partial charge in [-0.25, -0.2) is 9.59 Å². The van der Waals surface area contributed by atoms with Gasteiger partial charge in [0.05, 0.1) is 6.54 Å². The number of carbonyl (C=O) groups is 2. The number of esters is 1. The van der Waals surface area contributed by atoms with Gasteiger partial charge in [-0.05, 0) is 26.3 Å². The third kappa shape index (κ3) is 7.31. The summed E-state index contributed by atoms with van der Waals surface area (Å²) >= 11 is 0. The first-order valence-electron chi connectivity index (χ1n) is 6.63. The van der Waals surface area contributed by atoms with Crippen molar-refractivity contribution in [1.29, 1.82) is 0 Å². The van der Waals surface area contributed by atoms with Crippen molar-refractivity contribution in [3.05, 3.63) is 35.9 Å². The third-order valence-corrected chi connectivity index (χ3v) is 2.33. The smallest absolute Gasteiger partial charge is 0.407 e. The van der Waals surface area contributed by atoms with Crippen molar-refractivity contribution in [2.75, 3.05) is 6.54 Å². The van der Waals surface area contributed by atoms with Gasteiger partial charge in [0.25, 0.3) is 0 Å². The number of carbonyl (C=O) groups excluding carboxylic acids is 2. The maximum atomic E-state index is 11.5. The Labute approximate surface area is 124 Å². The number of nitrogens with one attached hydrogen (secondary N) is 1. The van der Waals surface area contributed by atoms with Crippen LogP contribution in [0.2, 0.25) is 0 Å². The van der Waals surface area contributed by atoms with E-state index in [4.69, 9.17) is 9.47 Å². The van der Waals surface area contributed by atoms with Gasteiger partial charge in [0.2, 0.25) is 0 Å². The summed E-state index contributed by atoms with van der Waals surface area (Å²) in [6, 6.07) is 9.11. The number of benzene rings is 1. The molecule has 6 nitrogen and oxygen atoms in total. The average molecular weight is 295 g/mol. The number of hydrogen-bond acceptors (Lipinski definition) is 5. The highest BCUT2D eigenvalue weighted by molar-refractivity contribution is 5.76. The van der Waals surface area contributed by atoms with Crippen molar-refractivity contribution < 1.29 is 24.2 Å². The minimum Gasteiger partial charge on any atom is -0.459 e. The fourth-order valence-corrected chi connectivity index (χ4v) is 1.40. The molecule has 1 aromatic rings. The second kappa shape index (κ2) is 7.64. The fraction of sp³-hybridized carbons (Fsp3) is 0.467. The van der Waals surface area contributed by atoms with Crippen molar-refractivity contribution in [3.8, 4) is 0 Å². The molecule has 0 aliphatic rings. The van der Waals surface area contributed by atoms with Crippen LogP contribution in [0.3, 0.4) is 0 Å². The van der Waals surface area contributed by atoms with Crippen LogP contribution in [0.5, 0.6) is 0 Å². The van der Waals surface area contributed by atoms with Crippen LogP contribution >= 0.6 is 0 Å². The fourth-order valence-electron chi connectivity index (χ4n) is 1.40. The molecule has 0 spiro atoms. The van der Waals surface area contributed by atoms with Gasteiger partial charge in [0, 0.05) is 0 Å². The van der Waals surface area contributed by atoms with Crippen molar-refractivity contribution in [2.24, 2.45) is 0 Å². The highest BCUT2D eigenvalue weighted by atomic mass is 16.6. The van der Waals surface area contributed by atoms with Crippen LogP contribution in [-0.2, 0) is 20.9 Å². The summed E-state index contributed by atoms with van der Waals surface area (Å²) in [5.41, 5.74) is 0.182. The first kappa shape index (κ1) is 17.0. The Morgan fingerprint density at radius 2 is 1.86 bits per heavy atom. The number of alkyl carbamates (subject to hydrolysis) is 1. The molecule has 0 aliphatic carbocycles. The SMILES string of the molecule is CC(C)(C)OC(=O)NC[C@H](O)C(=O)OCc1ccccc1. The van der Waals surface area contributed by atoms with Gasteiger partial charge < -0.3 is 19.9 Å². The van der Waals surface area contributed by atoms with E-state index >= 15 is 0 Å². The summed E-state index contributed by atoms with van der Waals surface area (Å²) in [7, 11) is 0. The quantitative estimate of drug-likeness (QED) is 0.806. The zero-order valence-electron chi connectivity index (χ0n) is 12.5. The Kier molecular flexibility index (Phi) is 6.17. The van der Waals surface area contributed by atoms with Crippen LogP contribution in [0.1, 0.15) is 26.3 Å². The minimum absolute atomic E-state index is 0.0726. The van der Waals surface area contributed by atoms with E-state index in [0.717, 1.165) is 5.56 Å². The number of hydrogen-bond donors (Lipinski definition) is 2. The lowest BCUT2D eigenvalue weighted by Gasteiger charge is -2.20. The summed E-state index contributed by atoms with van der Waals surface area (Å²) < 4.78 is 9.93. The number of aliphatic hydroxyl groups excluding tert-OH is 1. The molecule has 0 radical (unpaired) electrons. The lowest BCUT2D eigenvalue weighted by Crippen LogP contribution is -2.40. The molecule has 6 heteroatoms. The summed E-state index contributed by atoms with van der Waals surface area (Å²) in [6.07, 6.45) is -2.13. The first-order chi connectivity index (χ1) is 9.78. The summed E-state index contributed by atoms with van der Waals surface area (Å²) in [4.78, 5) is 22.9. The van der Waals surface area contributed by atoms with Gasteiger partial charge in [-0.1, -0.05) is 30.3 Å². The molecule has 0 saturated heterocycles. The van der Waals surface area contributed by atoms with Crippen molar-refractivity contribution >= 4 is 12.1 Å². The second-order valence-electron chi connectivity index (χ2n) is 5.49. The van der Waals surface area contributed by atoms with Crippen LogP contribution in [0.25, 0.3) is 0 Å². The maximum absolute atomic E-state index is 11.5. The van der Waals surface area contributed by atoms with Crippen LogP contribution in [0, 0.1) is 0 Å². The van der Waals surface area contributed by atoms with Crippen molar-refractivity contribution in [2.45, 2.75) is 39.1 Å². The molecular weight excluding hydrogens is 274 g/mol. The minimum atomic E-state index is -1.43. The van der Waals surface area contributed by atoms with E-state index in [2.05, 4.69) is 5.32 Å². The lowest BCUT2D eigenvalue weighted by molar-refractivity contribution is -0.154. The molecule has 0 saturated carbocycles. The highest BCUT2D eigenvalue weighted by Crippen LogP contribution is 2.06. The molecular formula is C15H21NO5. The van der Waals surface area contributed by atoms with E-state index in [1.165, 1.54) is 0 Å². The van der Waals surface area contributed by atoms with Crippen LogP contribution in [-0.4, -0.2) is 35.4 Å². The number of ether oxygens (including phenoxy) is 2. The third-order valence-electron chi connectivity index (χ3n) is 2.33. The monoisotopic (exact) mass is 295 g/mol. The molecule has 1 amide bonds. The van der Waals surface area contributed by atoms with Crippen LogP contribution in [0.4, 0.5) is 4.79 Å². The van der Waals surface area contributed by atoms with Crippen LogP contribution < -0.4 is 5.32 Å². The largest absolute Gasteiger partial charge is 0.459 e. The summed E-state index contributed by atoms with van der Waals surface area (Å²) in [5, 5.41) is 11.9. The number of amides is 1. The Morgan fingerprint density at radius 3 is 2.43 bits per heavy atom. The molecule has 21 heavy (non-hydrogen) atoms. The van der Waals surface area contributed by atoms with E-state index in [9.17, 15) is 14.7 Å². The standard InChI is InChI=1S/C15H21NO5/c1-15(2,3)21-14(19)16-9-12(17)13(18)20-10-11-7-5-4-6-8-11/h4-8,12,17H,9-10H2,1-3H3,(H,16,19)/t12-/m0/s1. The van der Waals surface area contributed by atoms with Gasteiger partial charge in [0.1, 0.15) is 12.2 Å². The molecule has 0 aromatic heterocycles. The summed E-state index contributed by atoms with van der Waals surface area (Å²) in [6.45, 7) is 4.97. The topological polar surface area (TPSA) is 84.9 Å². The molecule has 0 unspecified atom stereocenters. The molecule has 1 rings (SSSR count). The van der Waals surface area contributed by atoms with Gasteiger partial charge in [-0.2, -0.15) is 0 Å². The zero-order chi connectivity index (χ0) is 15.9. The van der Waals surface area contributed by atoms with E-state index in [-0.39, 0.29) is 13.2 Å². The molecule has 2 N–H and O–H groups in total. The molecule has 1 aromatic carbocycles. The van der Waals surface area contributed by atoms with Crippen LogP contribution in [0.15, 0.2) is 30.3 Å². The molecule has 116 valence electrons. The van der Waals surface area contributed by atoms with Gasteiger partial charge in [-0.15, -0.1) is 0 Å². The highest BCUT2D eigenvalue weighted by Gasteiger charge is 2.20. The van der Waals surface area contributed by atoms with Gasteiger partial charge in [-0.3, -0.25) is 0 Å². The van der Waals surface area contributed by atoms with E-state index in [1.54, 1.807) is 32.9 Å². The van der Waals surface area contributed by atoms with Crippen molar-refractivity contribution in [3.63, 3.8) is 0 Å². The number of rotatable bonds is 5. The van der Waals surface area contributed by atoms with Gasteiger partial charge in [0.15, 0.2) is 6.10 Å². The normalized spacial score (nSPS) is 12.4. The van der Waals surface area contributed by atoms with E-state index < -0.39 is 23.8 Å². The van der Waals surface area contributed by atoms with E-state index in [1.807, 2.05) is 18.2 Å². The molecule has 0 bridgehead atoms. The van der Waals surface area contributed by atoms with Gasteiger partial charge >= 0.3 is 12.1 Å². The molecule has 1 atom stereocenters. The second-order valence-corrected chi connectivity index (χ2v) is 5.49. The Morgan fingerprint density at radius 1 is 1.24 bits per heavy atom. The Balaban J connectivity index is 2.30. The lowest BCUT2D eigenvalue weighted by atomic mass is 10.2. The maximum Gasteiger partial charge on any atom is 0.407 e. The predicted octanol–water partition coefficient (Wildman–Crippen LogP) is 1.62. The molecule has 0 heterocycles. The summed E-state index contributed by atoms with van der Waals surface area (Å²) in [5.74, 6) is -0.796. The molecule has 0 fully saturated rings. The predicted molar refractivity (Wildman–Crippen MR) is 76.5 cm³/mol. The average Bonchev–Trinajstić information content (AvgIpc) is 2.41. The van der Waals surface area contributed by atoms with Crippen molar-refractivity contribution in [1.82, 2.24) is 5.32 Å². The molecule has 0 aliphatic heterocycles. The number of aliphatic hydroxyl groups is 1. The first-order valence-corrected chi connectivity index (χ1v) is 6.63. The Hall–Kier alpha value is -2.08. The zero-order valence-corrected chi connectivity index (χ0v) is 12.5. The Bertz CT molecular complexity index is 467. The van der Waals surface area contributed by atoms with E-state index in [0.29, 0.717) is 0 Å².